The number of carbonyl (C=O) groups is 2. The zero-order valence-corrected chi connectivity index (χ0v) is 33.6. The van der Waals surface area contributed by atoms with Gasteiger partial charge in [-0.05, 0) is 35.7 Å². The average Bonchev–Trinajstić information content (AvgIpc) is 3.04. The van der Waals surface area contributed by atoms with E-state index in [1.165, 1.54) is 6.07 Å². The minimum Gasteiger partial charge on any atom is -0.481 e. The number of nitrogens with two attached hydrogens (primary N) is 3. The number of nitrogen functional groups attached to an aromatic ring is 1. The number of aliphatic carboxylic acids is 2. The van der Waals surface area contributed by atoms with Gasteiger partial charge in [0.25, 0.3) is 18.5 Å². The number of halogens is 4. The Balaban J connectivity index is -0.000000204. The molecule has 2 atom stereocenters. The van der Waals surface area contributed by atoms with Gasteiger partial charge in [0.1, 0.15) is 28.4 Å². The number of fused-ring (bicyclic) bond motifs is 1. The van der Waals surface area contributed by atoms with Crippen LogP contribution < -0.4 is 22.5 Å². The molecule has 310 valence electrons. The van der Waals surface area contributed by atoms with Gasteiger partial charge in [-0.25, -0.2) is 28.1 Å². The van der Waals surface area contributed by atoms with Gasteiger partial charge >= 0.3 is 5.54 Å². The van der Waals surface area contributed by atoms with Crippen molar-refractivity contribution in [3.63, 3.8) is 0 Å². The number of nitrogens with one attached hydrogen (secondary N) is 2. The molecule has 0 aliphatic rings. The zero-order chi connectivity index (χ0) is 41.1. The fourth-order valence-electron chi connectivity index (χ4n) is 3.27. The Morgan fingerprint density at radius 1 is 0.944 bits per heavy atom. The Hall–Kier alpha value is -4.21. The van der Waals surface area contributed by atoms with Gasteiger partial charge in [0.2, 0.25) is 5.95 Å². The maximum absolute atomic E-state index is 13.2. The van der Waals surface area contributed by atoms with E-state index in [2.05, 4.69) is 71.3 Å². The molecule has 0 aliphatic heterocycles. The number of nitrogens with zero attached hydrogens (tertiary/aromatic N) is 5. The Morgan fingerprint density at radius 3 is 1.78 bits per heavy atom. The Labute approximate surface area is 336 Å². The number of carboxylic acids is 2. The monoisotopic (exact) mass is 929 g/mol. The predicted octanol–water partition coefficient (Wildman–Crippen LogP) is 5.77. The van der Waals surface area contributed by atoms with Crippen molar-refractivity contribution in [2.45, 2.75) is 98.6 Å². The van der Waals surface area contributed by atoms with E-state index in [9.17, 15) is 18.3 Å². The number of unbranched alkanes of at least 4 members (excludes halogenated alkanes) is 2. The van der Waals surface area contributed by atoms with E-state index >= 15 is 0 Å². The maximum atomic E-state index is 13.2. The van der Waals surface area contributed by atoms with Crippen LogP contribution in [0.2, 0.25) is 0 Å². The number of aliphatic hydroxyl groups is 2. The smallest absolute Gasteiger partial charge is 0.300 e. The second-order valence-electron chi connectivity index (χ2n) is 11.2. The van der Waals surface area contributed by atoms with E-state index in [4.69, 9.17) is 42.6 Å². The van der Waals surface area contributed by atoms with Crippen molar-refractivity contribution in [1.29, 1.82) is 5.41 Å². The molecule has 0 bridgehead atoms. The molecule has 21 heteroatoms. The van der Waals surface area contributed by atoms with Crippen molar-refractivity contribution >= 4 is 56.6 Å². The molecule has 3 rings (SSSR count). The maximum Gasteiger partial charge on any atom is 0.300 e. The molecule has 3 heterocycles. The molecule has 0 saturated heterocycles. The number of aromatic nitrogens is 4. The Morgan fingerprint density at radius 2 is 1.39 bits per heavy atom. The van der Waals surface area contributed by atoms with Crippen LogP contribution in [0, 0.1) is 29.4 Å². The molecular weight excluding hydrogens is 876 g/mol. The molecular formula is C33H55BrF3N10O6Pd+. The summed E-state index contributed by atoms with van der Waals surface area (Å²) in [6.45, 7) is 15.2. The van der Waals surface area contributed by atoms with Crippen LogP contribution in [-0.2, 0) is 30.0 Å². The van der Waals surface area contributed by atoms with Crippen LogP contribution in [0.4, 0.5) is 24.9 Å². The van der Waals surface area contributed by atoms with Crippen LogP contribution in [0.1, 0.15) is 87.5 Å². The molecule has 12 N–H and O–H groups in total. The normalized spacial score (nSPS) is 11.4. The van der Waals surface area contributed by atoms with E-state index in [0.717, 1.165) is 70.8 Å². The van der Waals surface area contributed by atoms with Gasteiger partial charge in [0.15, 0.2) is 17.6 Å². The van der Waals surface area contributed by atoms with Crippen LogP contribution in [0.3, 0.4) is 0 Å². The third kappa shape index (κ3) is 31.3. The largest absolute Gasteiger partial charge is 0.481 e. The number of hydrogen-bond acceptors (Lipinski definition) is 11. The molecule has 0 aromatic carbocycles. The van der Waals surface area contributed by atoms with Crippen LogP contribution >= 0.6 is 15.9 Å². The Kier molecular flexibility index (Phi) is 35.3. The molecule has 3 aromatic rings. The van der Waals surface area contributed by atoms with Crippen LogP contribution in [-0.4, -0.2) is 82.6 Å². The standard InChI is InChI=1S/C14H20FN5O.C8H16NO.C5H2BrF2N.2C2H4O2.CH5N3.CH4.Pd/c1-3-4-5-14(2,8-21)20-12-11-10(18-13(16)19-12)6-9(15)7-17-11;1-4-5-6-8(2,7-10)9-3;6-5-4(8)1-3(7)2-9-5;2*1-2(3)4;2-1(3)4;;/h6-7,21H,3-5,8H2,1-2H3,(H3,16,18,19,20);3,10H,4-7H2,1-2H3;1-2H;2*1H3,(H,3,4);(H5,2,3,4);1H4;/q;+1;;;;;;/t14-;8-;;;;;;/m11....../s1. The third-order valence-electron chi connectivity index (χ3n) is 5.86. The van der Waals surface area contributed by atoms with Crippen molar-refractivity contribution in [2.24, 2.45) is 11.5 Å². The SMILES string of the molecule is C.C#[N+][C@@](C)(CO)CCCC.CC(=O)O.CC(=O)O.CCCC[C@](C)(CO)Nc1nc(N)nc2cc(F)cnc12.Fc1cnc(Br)c(F)c1.N=C(N)N.[Pd]. The van der Waals surface area contributed by atoms with E-state index in [-0.39, 0.29) is 57.6 Å². The molecule has 0 saturated carbocycles. The predicted molar refractivity (Wildman–Crippen MR) is 205 cm³/mol. The number of guanidine groups is 1. The van der Waals surface area contributed by atoms with E-state index in [1.54, 1.807) is 0 Å². The van der Waals surface area contributed by atoms with Crippen LogP contribution in [0.25, 0.3) is 15.9 Å². The third-order valence-corrected chi connectivity index (χ3v) is 6.44. The van der Waals surface area contributed by atoms with E-state index in [0.29, 0.717) is 16.9 Å². The quantitative estimate of drug-likeness (QED) is 0.0506. The second kappa shape index (κ2) is 32.2. The van der Waals surface area contributed by atoms with E-state index < -0.39 is 40.5 Å². The van der Waals surface area contributed by atoms with Gasteiger partial charge in [-0.1, -0.05) is 45.4 Å². The van der Waals surface area contributed by atoms with Crippen LogP contribution in [0.5, 0.6) is 0 Å². The number of rotatable bonds is 10. The fraction of sp³-hybridized carbons (Fsp3) is 0.515. The Bertz CT molecular complexity index is 1530. The molecule has 0 fully saturated rings. The van der Waals surface area contributed by atoms with Crippen LogP contribution in [0.15, 0.2) is 29.1 Å². The molecule has 0 unspecified atom stereocenters. The average molecular weight is 931 g/mol. The summed E-state index contributed by atoms with van der Waals surface area (Å²) < 4.78 is 37.5. The van der Waals surface area contributed by atoms with Crippen molar-refractivity contribution < 1.29 is 63.6 Å². The molecule has 0 spiro atoms. The summed E-state index contributed by atoms with van der Waals surface area (Å²) in [5.41, 5.74) is 14.4. The first-order valence-electron chi connectivity index (χ1n) is 15.5. The molecule has 3 aromatic heterocycles. The molecule has 0 amide bonds. The number of hydrogen-bond donors (Lipinski definition) is 9. The summed E-state index contributed by atoms with van der Waals surface area (Å²) in [5, 5.41) is 42.5. The summed E-state index contributed by atoms with van der Waals surface area (Å²) >= 11 is 2.78. The van der Waals surface area contributed by atoms with E-state index in [1.807, 2.05) is 13.8 Å². The minimum atomic E-state index is -0.833. The first kappa shape index (κ1) is 59.1. The summed E-state index contributed by atoms with van der Waals surface area (Å²) in [4.78, 5) is 37.1. The van der Waals surface area contributed by atoms with Crippen molar-refractivity contribution in [1.82, 2.24) is 19.9 Å². The summed E-state index contributed by atoms with van der Waals surface area (Å²) in [7, 11) is 0. The summed E-state index contributed by atoms with van der Waals surface area (Å²) in [6.07, 6.45) is 7.85. The number of aliphatic hydroxyl groups excluding tert-OH is 2. The number of pyridine rings is 2. The molecule has 0 aliphatic carbocycles. The van der Waals surface area contributed by atoms with Gasteiger partial charge in [-0.3, -0.25) is 15.0 Å². The van der Waals surface area contributed by atoms with Gasteiger partial charge < -0.3 is 42.9 Å². The molecule has 16 nitrogen and oxygen atoms in total. The van der Waals surface area contributed by atoms with Gasteiger partial charge in [0.05, 0.1) is 30.1 Å². The van der Waals surface area contributed by atoms with Gasteiger partial charge in [-0.15, -0.1) is 0 Å². The molecule has 54 heavy (non-hydrogen) atoms. The number of anilines is 2. The van der Waals surface area contributed by atoms with Gasteiger partial charge in [-0.2, -0.15) is 4.98 Å². The topological polar surface area (TPSA) is 285 Å². The summed E-state index contributed by atoms with van der Waals surface area (Å²) in [6, 6.07) is 2.02. The van der Waals surface area contributed by atoms with Crippen molar-refractivity contribution in [3.8, 4) is 6.57 Å². The zero-order valence-electron chi connectivity index (χ0n) is 30.4. The fourth-order valence-corrected chi connectivity index (χ4v) is 3.49. The van der Waals surface area contributed by atoms with Crippen molar-refractivity contribution in [2.75, 3.05) is 24.3 Å². The first-order chi connectivity index (χ1) is 24.0. The van der Waals surface area contributed by atoms with Crippen molar-refractivity contribution in [3.05, 3.63) is 51.4 Å². The minimum absolute atomic E-state index is 0. The van der Waals surface area contributed by atoms with Gasteiger partial charge in [0, 0.05) is 59.7 Å². The number of carboxylic acid groups (broad SMARTS) is 2. The first-order valence-corrected chi connectivity index (χ1v) is 16.3. The summed E-state index contributed by atoms with van der Waals surface area (Å²) in [5.74, 6) is -3.40. The second-order valence-corrected chi connectivity index (χ2v) is 12.0. The molecule has 0 radical (unpaired) electrons.